The van der Waals surface area contributed by atoms with Gasteiger partial charge in [-0.2, -0.15) is 0 Å². The molecule has 1 atom stereocenters. The van der Waals surface area contributed by atoms with Gasteiger partial charge in [0.25, 0.3) is 0 Å². The molecule has 1 aromatic carbocycles. The SMILES string of the molecule is CC(C1=CN=C(c2ccccc2F)C1)n1cc(C2=NCC=C2)c2c(N)ncnc21. The lowest BCUT2D eigenvalue weighted by Gasteiger charge is -2.16. The van der Waals surface area contributed by atoms with E-state index < -0.39 is 0 Å². The molecular formula is C22H19FN6. The number of hydrogen-bond acceptors (Lipinski definition) is 5. The van der Waals surface area contributed by atoms with E-state index in [4.69, 9.17) is 5.73 Å². The highest BCUT2D eigenvalue weighted by Gasteiger charge is 2.24. The van der Waals surface area contributed by atoms with Gasteiger partial charge < -0.3 is 10.3 Å². The van der Waals surface area contributed by atoms with Crippen LogP contribution in [0.3, 0.4) is 0 Å². The summed E-state index contributed by atoms with van der Waals surface area (Å²) in [5.74, 6) is 0.177. The molecule has 0 aliphatic carbocycles. The Morgan fingerprint density at radius 3 is 2.83 bits per heavy atom. The molecule has 6 nitrogen and oxygen atoms in total. The number of anilines is 1. The standard InChI is InChI=1S/C22H19FN6/c1-13(14-9-19(26-10-14)15-5-2-3-6-17(15)23)29-11-16(18-7-4-8-25-18)20-21(24)27-12-28-22(20)29/h2-7,10-13H,8-9H2,1H3,(H2,24,27,28). The summed E-state index contributed by atoms with van der Waals surface area (Å²) in [6, 6.07) is 6.70. The van der Waals surface area contributed by atoms with Gasteiger partial charge in [-0.25, -0.2) is 14.4 Å². The van der Waals surface area contributed by atoms with E-state index in [9.17, 15) is 4.39 Å². The number of benzene rings is 1. The minimum atomic E-state index is -0.256. The molecule has 0 saturated heterocycles. The van der Waals surface area contributed by atoms with E-state index in [-0.39, 0.29) is 11.9 Å². The first-order valence-corrected chi connectivity index (χ1v) is 9.46. The Hall–Kier alpha value is -3.61. The van der Waals surface area contributed by atoms with Gasteiger partial charge in [0.1, 0.15) is 23.6 Å². The predicted molar refractivity (Wildman–Crippen MR) is 113 cm³/mol. The first kappa shape index (κ1) is 17.5. The van der Waals surface area contributed by atoms with Gasteiger partial charge in [0.05, 0.1) is 29.4 Å². The fourth-order valence-corrected chi connectivity index (χ4v) is 3.88. The molecule has 0 spiro atoms. The lowest BCUT2D eigenvalue weighted by Crippen LogP contribution is -2.10. The van der Waals surface area contributed by atoms with E-state index in [2.05, 4.69) is 31.4 Å². The van der Waals surface area contributed by atoms with Crippen molar-refractivity contribution in [2.75, 3.05) is 12.3 Å². The zero-order valence-corrected chi connectivity index (χ0v) is 15.9. The number of nitrogens with zero attached hydrogens (tertiary/aromatic N) is 5. The Labute approximate surface area is 167 Å². The van der Waals surface area contributed by atoms with Crippen molar-refractivity contribution in [2.45, 2.75) is 19.4 Å². The number of nitrogen functional groups attached to an aromatic ring is 1. The first-order chi connectivity index (χ1) is 14.1. The van der Waals surface area contributed by atoms with Crippen LogP contribution < -0.4 is 5.73 Å². The van der Waals surface area contributed by atoms with E-state index >= 15 is 0 Å². The molecule has 0 bridgehead atoms. The third-order valence-electron chi connectivity index (χ3n) is 5.45. The molecule has 1 unspecified atom stereocenters. The zero-order valence-electron chi connectivity index (χ0n) is 15.9. The van der Waals surface area contributed by atoms with Gasteiger partial charge in [-0.15, -0.1) is 0 Å². The van der Waals surface area contributed by atoms with Gasteiger partial charge in [-0.05, 0) is 24.6 Å². The van der Waals surface area contributed by atoms with Crippen LogP contribution in [0.4, 0.5) is 10.2 Å². The predicted octanol–water partition coefficient (Wildman–Crippen LogP) is 3.85. The Kier molecular flexibility index (Phi) is 4.08. The number of aromatic nitrogens is 3. The summed E-state index contributed by atoms with van der Waals surface area (Å²) >= 11 is 0. The van der Waals surface area contributed by atoms with Crippen LogP contribution in [-0.2, 0) is 0 Å². The molecule has 5 rings (SSSR count). The van der Waals surface area contributed by atoms with Crippen LogP contribution in [0.2, 0.25) is 0 Å². The molecule has 2 aliphatic heterocycles. The molecule has 2 N–H and O–H groups in total. The van der Waals surface area contributed by atoms with Crippen molar-refractivity contribution >= 4 is 28.3 Å². The minimum absolute atomic E-state index is 0.0282. The highest BCUT2D eigenvalue weighted by atomic mass is 19.1. The maximum atomic E-state index is 14.2. The summed E-state index contributed by atoms with van der Waals surface area (Å²) in [6.07, 6.45) is 9.91. The second-order valence-corrected chi connectivity index (χ2v) is 7.15. The van der Waals surface area contributed by atoms with Crippen LogP contribution in [0.5, 0.6) is 0 Å². The van der Waals surface area contributed by atoms with Gasteiger partial charge in [0.2, 0.25) is 0 Å². The molecule has 0 amide bonds. The summed E-state index contributed by atoms with van der Waals surface area (Å²) in [4.78, 5) is 17.7. The molecule has 4 heterocycles. The molecule has 144 valence electrons. The van der Waals surface area contributed by atoms with E-state index in [0.29, 0.717) is 24.3 Å². The fourth-order valence-electron chi connectivity index (χ4n) is 3.88. The summed E-state index contributed by atoms with van der Waals surface area (Å²) in [7, 11) is 0. The number of allylic oxidation sites excluding steroid dienone is 2. The molecular weight excluding hydrogens is 367 g/mol. The monoisotopic (exact) mass is 386 g/mol. The summed E-state index contributed by atoms with van der Waals surface area (Å²) in [5.41, 5.74) is 11.1. The maximum Gasteiger partial charge on any atom is 0.146 e. The molecule has 7 heteroatoms. The van der Waals surface area contributed by atoms with E-state index in [1.807, 2.05) is 30.6 Å². The van der Waals surface area contributed by atoms with Crippen molar-refractivity contribution in [3.63, 3.8) is 0 Å². The molecule has 0 saturated carbocycles. The largest absolute Gasteiger partial charge is 0.383 e. The average molecular weight is 386 g/mol. The third-order valence-corrected chi connectivity index (χ3v) is 5.45. The van der Waals surface area contributed by atoms with Gasteiger partial charge >= 0.3 is 0 Å². The zero-order chi connectivity index (χ0) is 20.0. The molecule has 2 aliphatic rings. The average Bonchev–Trinajstić information content (AvgIpc) is 3.47. The van der Waals surface area contributed by atoms with Gasteiger partial charge in [-0.1, -0.05) is 24.3 Å². The molecule has 29 heavy (non-hydrogen) atoms. The van der Waals surface area contributed by atoms with Crippen LogP contribution >= 0.6 is 0 Å². The molecule has 0 fully saturated rings. The van der Waals surface area contributed by atoms with Gasteiger partial charge in [0.15, 0.2) is 0 Å². The Bertz CT molecular complexity index is 1250. The van der Waals surface area contributed by atoms with Crippen LogP contribution in [0, 0.1) is 5.82 Å². The second-order valence-electron chi connectivity index (χ2n) is 7.15. The van der Waals surface area contributed by atoms with Crippen molar-refractivity contribution < 1.29 is 4.39 Å². The number of nitrogens with two attached hydrogens (primary N) is 1. The van der Waals surface area contributed by atoms with Gasteiger partial charge in [-0.3, -0.25) is 9.98 Å². The second kappa shape index (κ2) is 6.77. The quantitative estimate of drug-likeness (QED) is 0.739. The lowest BCUT2D eigenvalue weighted by molar-refractivity contribution is 0.623. The number of halogens is 1. The molecule has 2 aromatic heterocycles. The van der Waals surface area contributed by atoms with Crippen LogP contribution in [0.1, 0.15) is 30.5 Å². The lowest BCUT2D eigenvalue weighted by atomic mass is 10.0. The van der Waals surface area contributed by atoms with Gasteiger partial charge in [0, 0.05) is 29.9 Å². The van der Waals surface area contributed by atoms with Crippen molar-refractivity contribution in [1.82, 2.24) is 14.5 Å². The highest BCUT2D eigenvalue weighted by molar-refractivity contribution is 6.18. The van der Waals surface area contributed by atoms with Crippen LogP contribution in [0.15, 0.2) is 70.7 Å². The summed E-state index contributed by atoms with van der Waals surface area (Å²) < 4.78 is 16.2. The topological polar surface area (TPSA) is 81.5 Å². The van der Waals surface area contributed by atoms with Crippen molar-refractivity contribution in [3.8, 4) is 0 Å². The number of hydrogen-bond donors (Lipinski definition) is 1. The van der Waals surface area contributed by atoms with Crippen LogP contribution in [-0.4, -0.2) is 32.5 Å². The Balaban J connectivity index is 1.51. The fraction of sp³-hybridized carbons (Fsp3) is 0.182. The van der Waals surface area contributed by atoms with Crippen molar-refractivity contribution in [2.24, 2.45) is 9.98 Å². The number of fused-ring (bicyclic) bond motifs is 1. The third kappa shape index (κ3) is 2.86. The van der Waals surface area contributed by atoms with Crippen LogP contribution in [0.25, 0.3) is 11.0 Å². The molecule has 3 aromatic rings. The smallest absolute Gasteiger partial charge is 0.146 e. The molecule has 0 radical (unpaired) electrons. The van der Waals surface area contributed by atoms with E-state index in [1.165, 1.54) is 12.4 Å². The first-order valence-electron chi connectivity index (χ1n) is 9.46. The van der Waals surface area contributed by atoms with E-state index in [1.54, 1.807) is 12.1 Å². The van der Waals surface area contributed by atoms with Crippen molar-refractivity contribution in [3.05, 3.63) is 77.7 Å². The highest BCUT2D eigenvalue weighted by Crippen LogP contribution is 2.33. The Morgan fingerprint density at radius 1 is 1.17 bits per heavy atom. The Morgan fingerprint density at radius 2 is 2.03 bits per heavy atom. The van der Waals surface area contributed by atoms with Crippen molar-refractivity contribution in [1.29, 1.82) is 0 Å². The summed E-state index contributed by atoms with van der Waals surface area (Å²) in [5, 5.41) is 0.804. The minimum Gasteiger partial charge on any atom is -0.383 e. The number of rotatable bonds is 4. The van der Waals surface area contributed by atoms with E-state index in [0.717, 1.165) is 33.6 Å². The maximum absolute atomic E-state index is 14.2. The normalized spacial score (nSPS) is 16.8. The summed E-state index contributed by atoms with van der Waals surface area (Å²) in [6.45, 7) is 2.75. The number of aliphatic imine (C=N–C) groups is 2.